The Kier molecular flexibility index (Phi) is 4.08. The zero-order valence-electron chi connectivity index (χ0n) is 12.1. The molecule has 0 aliphatic rings. The summed E-state index contributed by atoms with van der Waals surface area (Å²) in [5.41, 5.74) is 0.966. The molecular formula is C17H12FNO3S. The molecule has 1 amide bonds. The third-order valence-electron chi connectivity index (χ3n) is 3.27. The van der Waals surface area contributed by atoms with Crippen LogP contribution in [0.1, 0.15) is 20.0 Å². The van der Waals surface area contributed by atoms with Crippen LogP contribution in [0.3, 0.4) is 0 Å². The number of esters is 1. The average molecular weight is 329 g/mol. The van der Waals surface area contributed by atoms with E-state index in [1.165, 1.54) is 42.7 Å². The molecule has 0 bridgehead atoms. The normalized spacial score (nSPS) is 10.5. The fourth-order valence-corrected chi connectivity index (χ4v) is 3.09. The molecule has 23 heavy (non-hydrogen) atoms. The van der Waals surface area contributed by atoms with Gasteiger partial charge in [0.15, 0.2) is 0 Å². The molecule has 0 saturated heterocycles. The number of halogens is 1. The van der Waals surface area contributed by atoms with E-state index in [0.29, 0.717) is 16.1 Å². The monoisotopic (exact) mass is 329 g/mol. The van der Waals surface area contributed by atoms with Gasteiger partial charge in [-0.15, -0.1) is 11.3 Å². The molecule has 6 heteroatoms. The van der Waals surface area contributed by atoms with Crippen LogP contribution >= 0.6 is 11.3 Å². The Hall–Kier alpha value is -2.73. The van der Waals surface area contributed by atoms with Crippen LogP contribution in [0.25, 0.3) is 10.1 Å². The van der Waals surface area contributed by atoms with Gasteiger partial charge in [0, 0.05) is 16.0 Å². The van der Waals surface area contributed by atoms with Crippen molar-refractivity contribution in [1.82, 2.24) is 0 Å². The Morgan fingerprint density at radius 3 is 2.52 bits per heavy atom. The number of ether oxygens (including phenoxy) is 1. The van der Waals surface area contributed by atoms with E-state index in [1.807, 2.05) is 6.07 Å². The summed E-state index contributed by atoms with van der Waals surface area (Å²) in [5, 5.41) is 3.59. The van der Waals surface area contributed by atoms with Gasteiger partial charge in [0.2, 0.25) is 0 Å². The van der Waals surface area contributed by atoms with E-state index < -0.39 is 5.82 Å². The number of carbonyl (C=O) groups is 2. The smallest absolute Gasteiger partial charge is 0.348 e. The van der Waals surface area contributed by atoms with Crippen molar-refractivity contribution >= 4 is 39.0 Å². The highest BCUT2D eigenvalue weighted by Gasteiger charge is 2.11. The standard InChI is InChI=1S/C17H12FNO3S/c1-22-17(21)15-9-11-8-13(6-7-14(11)23-15)19-16(20)10-2-4-12(18)5-3-10/h2-9H,1H3,(H,19,20). The first-order chi connectivity index (χ1) is 11.1. The lowest BCUT2D eigenvalue weighted by Gasteiger charge is -2.05. The minimum atomic E-state index is -0.392. The van der Waals surface area contributed by atoms with Gasteiger partial charge in [-0.1, -0.05) is 0 Å². The fourth-order valence-electron chi connectivity index (χ4n) is 2.13. The summed E-state index contributed by atoms with van der Waals surface area (Å²) in [6.45, 7) is 0. The summed E-state index contributed by atoms with van der Waals surface area (Å²) in [6, 6.07) is 12.4. The first-order valence-electron chi connectivity index (χ1n) is 6.75. The van der Waals surface area contributed by atoms with Crippen LogP contribution in [-0.4, -0.2) is 19.0 Å². The van der Waals surface area contributed by atoms with Crippen LogP contribution in [0.5, 0.6) is 0 Å². The minimum Gasteiger partial charge on any atom is -0.465 e. The molecule has 0 saturated carbocycles. The Morgan fingerprint density at radius 2 is 1.83 bits per heavy atom. The zero-order valence-corrected chi connectivity index (χ0v) is 12.9. The van der Waals surface area contributed by atoms with Gasteiger partial charge in [-0.25, -0.2) is 9.18 Å². The first kappa shape index (κ1) is 15.2. The molecule has 1 aromatic heterocycles. The van der Waals surface area contributed by atoms with Gasteiger partial charge < -0.3 is 10.1 Å². The predicted octanol–water partition coefficient (Wildman–Crippen LogP) is 4.08. The number of anilines is 1. The number of thiophene rings is 1. The third-order valence-corrected chi connectivity index (χ3v) is 4.36. The van der Waals surface area contributed by atoms with Gasteiger partial charge >= 0.3 is 5.97 Å². The zero-order chi connectivity index (χ0) is 16.4. The second-order valence-electron chi connectivity index (χ2n) is 4.82. The Morgan fingerprint density at radius 1 is 1.09 bits per heavy atom. The quantitative estimate of drug-likeness (QED) is 0.737. The van der Waals surface area contributed by atoms with Crippen molar-refractivity contribution < 1.29 is 18.7 Å². The highest BCUT2D eigenvalue weighted by atomic mass is 32.1. The van der Waals surface area contributed by atoms with E-state index >= 15 is 0 Å². The molecule has 1 heterocycles. The third kappa shape index (κ3) is 3.22. The number of carbonyl (C=O) groups excluding carboxylic acids is 2. The van der Waals surface area contributed by atoms with E-state index in [0.717, 1.165) is 10.1 Å². The maximum absolute atomic E-state index is 12.9. The van der Waals surface area contributed by atoms with E-state index in [9.17, 15) is 14.0 Å². The SMILES string of the molecule is COC(=O)c1cc2cc(NC(=O)c3ccc(F)cc3)ccc2s1. The topological polar surface area (TPSA) is 55.4 Å². The molecule has 0 radical (unpaired) electrons. The molecule has 3 aromatic rings. The van der Waals surface area contributed by atoms with Crippen LogP contribution < -0.4 is 5.32 Å². The summed E-state index contributed by atoms with van der Waals surface area (Å²) < 4.78 is 18.5. The van der Waals surface area contributed by atoms with Crippen LogP contribution in [0.2, 0.25) is 0 Å². The number of fused-ring (bicyclic) bond motifs is 1. The molecule has 0 aliphatic heterocycles. The summed E-state index contributed by atoms with van der Waals surface area (Å²) in [4.78, 5) is 24.2. The number of rotatable bonds is 3. The van der Waals surface area contributed by atoms with Crippen LogP contribution in [0.15, 0.2) is 48.5 Å². The van der Waals surface area contributed by atoms with Gasteiger partial charge in [-0.05, 0) is 53.9 Å². The Labute approximate surface area is 135 Å². The van der Waals surface area contributed by atoms with Gasteiger partial charge in [0.1, 0.15) is 10.7 Å². The highest BCUT2D eigenvalue weighted by Crippen LogP contribution is 2.28. The van der Waals surface area contributed by atoms with Gasteiger partial charge in [-0.2, -0.15) is 0 Å². The number of methoxy groups -OCH3 is 1. The predicted molar refractivity (Wildman–Crippen MR) is 87.5 cm³/mol. The van der Waals surface area contributed by atoms with E-state index in [-0.39, 0.29) is 11.9 Å². The number of hydrogen-bond acceptors (Lipinski definition) is 4. The van der Waals surface area contributed by atoms with Crippen molar-refractivity contribution in [1.29, 1.82) is 0 Å². The molecule has 3 rings (SSSR count). The molecule has 0 unspecified atom stereocenters. The minimum absolute atomic E-state index is 0.326. The molecule has 2 aromatic carbocycles. The molecule has 4 nitrogen and oxygen atoms in total. The fraction of sp³-hybridized carbons (Fsp3) is 0.0588. The van der Waals surface area contributed by atoms with Gasteiger partial charge in [0.25, 0.3) is 5.91 Å². The molecular weight excluding hydrogens is 317 g/mol. The number of benzene rings is 2. The van der Waals surface area contributed by atoms with Crippen LogP contribution in [0, 0.1) is 5.82 Å². The summed E-state index contributed by atoms with van der Waals surface area (Å²) in [7, 11) is 1.33. The van der Waals surface area contributed by atoms with Crippen molar-refractivity contribution in [3.8, 4) is 0 Å². The van der Waals surface area contributed by atoms with Crippen molar-refractivity contribution in [3.63, 3.8) is 0 Å². The molecule has 0 spiro atoms. The van der Waals surface area contributed by atoms with Crippen molar-refractivity contribution in [3.05, 3.63) is 64.8 Å². The van der Waals surface area contributed by atoms with E-state index in [2.05, 4.69) is 5.32 Å². The second-order valence-corrected chi connectivity index (χ2v) is 5.90. The highest BCUT2D eigenvalue weighted by molar-refractivity contribution is 7.20. The summed E-state index contributed by atoms with van der Waals surface area (Å²) in [6.07, 6.45) is 0. The van der Waals surface area contributed by atoms with Crippen LogP contribution in [0.4, 0.5) is 10.1 Å². The summed E-state index contributed by atoms with van der Waals surface area (Å²) in [5.74, 6) is -1.10. The largest absolute Gasteiger partial charge is 0.465 e. The van der Waals surface area contributed by atoms with Crippen molar-refractivity contribution in [2.45, 2.75) is 0 Å². The van der Waals surface area contributed by atoms with E-state index in [1.54, 1.807) is 18.2 Å². The lowest BCUT2D eigenvalue weighted by molar-refractivity contribution is 0.0606. The molecule has 116 valence electrons. The molecule has 0 fully saturated rings. The molecule has 0 atom stereocenters. The van der Waals surface area contributed by atoms with Gasteiger partial charge in [0.05, 0.1) is 7.11 Å². The van der Waals surface area contributed by atoms with Gasteiger partial charge in [-0.3, -0.25) is 4.79 Å². The maximum Gasteiger partial charge on any atom is 0.348 e. The van der Waals surface area contributed by atoms with Crippen molar-refractivity contribution in [2.75, 3.05) is 12.4 Å². The van der Waals surface area contributed by atoms with Crippen LogP contribution in [-0.2, 0) is 4.74 Å². The molecule has 1 N–H and O–H groups in total. The average Bonchev–Trinajstić information content (AvgIpc) is 2.98. The van der Waals surface area contributed by atoms with Crippen molar-refractivity contribution in [2.24, 2.45) is 0 Å². The Bertz CT molecular complexity index is 886. The number of hydrogen-bond donors (Lipinski definition) is 1. The maximum atomic E-state index is 12.9. The lowest BCUT2D eigenvalue weighted by atomic mass is 10.2. The van der Waals surface area contributed by atoms with E-state index in [4.69, 9.17) is 4.74 Å². The molecule has 0 aliphatic carbocycles. The lowest BCUT2D eigenvalue weighted by Crippen LogP contribution is -2.11. The summed E-state index contributed by atoms with van der Waals surface area (Å²) >= 11 is 1.33. The second kappa shape index (κ2) is 6.18. The Balaban J connectivity index is 1.84. The number of amides is 1. The first-order valence-corrected chi connectivity index (χ1v) is 7.57. The number of nitrogens with one attached hydrogen (secondary N) is 1.